The fourth-order valence-electron chi connectivity index (χ4n) is 1.75. The molecule has 1 saturated heterocycles. The van der Waals surface area contributed by atoms with Gasteiger partial charge in [0.05, 0.1) is 0 Å². The Bertz CT molecular complexity index is 286. The maximum atomic E-state index is 12.8. The Hall–Kier alpha value is -0.960. The highest BCUT2D eigenvalue weighted by molar-refractivity contribution is 5.23. The molecule has 3 heteroatoms. The molecule has 1 atom stereocenters. The Labute approximate surface area is 75.8 Å². The van der Waals surface area contributed by atoms with Crippen LogP contribution in [0.4, 0.5) is 8.78 Å². The van der Waals surface area contributed by atoms with Crippen LogP contribution in [0.15, 0.2) is 18.2 Å². The lowest BCUT2D eigenvalue weighted by molar-refractivity contribution is 0.575. The summed E-state index contributed by atoms with van der Waals surface area (Å²) in [4.78, 5) is 0. The normalized spacial score (nSPS) is 22.2. The fraction of sp³-hybridized carbons (Fsp3) is 0.400. The summed E-state index contributed by atoms with van der Waals surface area (Å²) in [5.41, 5.74) is 0.766. The van der Waals surface area contributed by atoms with E-state index in [0.717, 1.165) is 31.1 Å². The molecular formula is C10H11F2N. The van der Waals surface area contributed by atoms with Gasteiger partial charge < -0.3 is 5.32 Å². The van der Waals surface area contributed by atoms with E-state index >= 15 is 0 Å². The molecule has 13 heavy (non-hydrogen) atoms. The molecule has 1 heterocycles. The van der Waals surface area contributed by atoms with Crippen LogP contribution in [0.2, 0.25) is 0 Å². The van der Waals surface area contributed by atoms with Gasteiger partial charge in [-0.1, -0.05) is 0 Å². The summed E-state index contributed by atoms with van der Waals surface area (Å²) >= 11 is 0. The summed E-state index contributed by atoms with van der Waals surface area (Å²) in [6, 6.07) is 3.74. The summed E-state index contributed by atoms with van der Waals surface area (Å²) in [5, 5.41) is 3.16. The van der Waals surface area contributed by atoms with Gasteiger partial charge in [0.15, 0.2) is 0 Å². The predicted octanol–water partition coefficient (Wildman–Crippen LogP) is 2.04. The first-order valence-corrected chi connectivity index (χ1v) is 4.42. The summed E-state index contributed by atoms with van der Waals surface area (Å²) in [5.74, 6) is -0.700. The highest BCUT2D eigenvalue weighted by Gasteiger charge is 2.17. The van der Waals surface area contributed by atoms with E-state index in [4.69, 9.17) is 0 Å². The van der Waals surface area contributed by atoms with Crippen molar-refractivity contribution in [2.75, 3.05) is 13.1 Å². The standard InChI is InChI=1S/C10H11F2N/c11-9-3-8(4-10(12)5-9)7-1-2-13-6-7/h3-5,7,13H,1-2,6H2/t7-/m0/s1. The van der Waals surface area contributed by atoms with Gasteiger partial charge in [0.2, 0.25) is 0 Å². The van der Waals surface area contributed by atoms with Gasteiger partial charge in [-0.3, -0.25) is 0 Å². The Morgan fingerprint density at radius 2 is 1.85 bits per heavy atom. The van der Waals surface area contributed by atoms with Crippen molar-refractivity contribution in [2.24, 2.45) is 0 Å². The average Bonchev–Trinajstić information content (AvgIpc) is 2.53. The molecule has 1 aromatic carbocycles. The van der Waals surface area contributed by atoms with Crippen LogP contribution in [0.5, 0.6) is 0 Å². The van der Waals surface area contributed by atoms with Crippen molar-refractivity contribution in [2.45, 2.75) is 12.3 Å². The van der Waals surface area contributed by atoms with E-state index in [1.54, 1.807) is 0 Å². The Morgan fingerprint density at radius 3 is 2.38 bits per heavy atom. The second-order valence-corrected chi connectivity index (χ2v) is 3.39. The van der Waals surface area contributed by atoms with Crippen LogP contribution in [-0.4, -0.2) is 13.1 Å². The zero-order chi connectivity index (χ0) is 9.26. The van der Waals surface area contributed by atoms with E-state index < -0.39 is 11.6 Å². The molecule has 1 aromatic rings. The van der Waals surface area contributed by atoms with Crippen LogP contribution in [-0.2, 0) is 0 Å². The van der Waals surface area contributed by atoms with Crippen LogP contribution in [0.1, 0.15) is 17.9 Å². The van der Waals surface area contributed by atoms with Gasteiger partial charge in [-0.25, -0.2) is 8.78 Å². The van der Waals surface area contributed by atoms with E-state index in [1.165, 1.54) is 12.1 Å². The smallest absolute Gasteiger partial charge is 0.126 e. The van der Waals surface area contributed by atoms with Crippen molar-refractivity contribution in [3.63, 3.8) is 0 Å². The molecule has 0 amide bonds. The molecule has 0 aromatic heterocycles. The topological polar surface area (TPSA) is 12.0 Å². The van der Waals surface area contributed by atoms with Crippen molar-refractivity contribution in [1.82, 2.24) is 5.32 Å². The minimum atomic E-state index is -0.484. The minimum absolute atomic E-state index is 0.269. The molecule has 0 unspecified atom stereocenters. The lowest BCUT2D eigenvalue weighted by Crippen LogP contribution is -2.08. The van der Waals surface area contributed by atoms with Gasteiger partial charge in [0.25, 0.3) is 0 Å². The first-order chi connectivity index (χ1) is 6.25. The van der Waals surface area contributed by atoms with Crippen LogP contribution in [0, 0.1) is 11.6 Å². The number of benzene rings is 1. The molecule has 1 fully saturated rings. The molecule has 0 saturated carbocycles. The van der Waals surface area contributed by atoms with Gasteiger partial charge >= 0.3 is 0 Å². The molecule has 0 bridgehead atoms. The van der Waals surface area contributed by atoms with Crippen LogP contribution < -0.4 is 5.32 Å². The second kappa shape index (κ2) is 3.42. The SMILES string of the molecule is Fc1cc(F)cc([C@H]2CCNC2)c1. The van der Waals surface area contributed by atoms with E-state index in [1.807, 2.05) is 0 Å². The zero-order valence-electron chi connectivity index (χ0n) is 7.19. The predicted molar refractivity (Wildman–Crippen MR) is 46.6 cm³/mol. The lowest BCUT2D eigenvalue weighted by atomic mass is 9.98. The third-order valence-corrected chi connectivity index (χ3v) is 2.42. The quantitative estimate of drug-likeness (QED) is 0.702. The molecule has 2 rings (SSSR count). The molecular weight excluding hydrogens is 172 g/mol. The van der Waals surface area contributed by atoms with Crippen molar-refractivity contribution in [3.8, 4) is 0 Å². The molecule has 1 nitrogen and oxygen atoms in total. The van der Waals surface area contributed by atoms with Crippen LogP contribution in [0.25, 0.3) is 0 Å². The van der Waals surface area contributed by atoms with Crippen molar-refractivity contribution >= 4 is 0 Å². The van der Waals surface area contributed by atoms with Gasteiger partial charge in [-0.2, -0.15) is 0 Å². The molecule has 1 N–H and O–H groups in total. The molecule has 0 aliphatic carbocycles. The average molecular weight is 183 g/mol. The Balaban J connectivity index is 2.28. The Morgan fingerprint density at radius 1 is 1.15 bits per heavy atom. The largest absolute Gasteiger partial charge is 0.316 e. The molecule has 70 valence electrons. The number of hydrogen-bond acceptors (Lipinski definition) is 1. The second-order valence-electron chi connectivity index (χ2n) is 3.39. The van der Waals surface area contributed by atoms with Crippen molar-refractivity contribution in [1.29, 1.82) is 0 Å². The summed E-state index contributed by atoms with van der Waals surface area (Å²) in [6.07, 6.45) is 0.961. The van der Waals surface area contributed by atoms with E-state index in [2.05, 4.69) is 5.32 Å². The van der Waals surface area contributed by atoms with Crippen molar-refractivity contribution < 1.29 is 8.78 Å². The molecule has 0 spiro atoms. The summed E-state index contributed by atoms with van der Waals surface area (Å²) < 4.78 is 25.6. The molecule has 1 aliphatic rings. The van der Waals surface area contributed by atoms with Crippen molar-refractivity contribution in [3.05, 3.63) is 35.4 Å². The zero-order valence-corrected chi connectivity index (χ0v) is 7.19. The number of rotatable bonds is 1. The third-order valence-electron chi connectivity index (χ3n) is 2.42. The Kier molecular flexibility index (Phi) is 2.27. The van der Waals surface area contributed by atoms with Gasteiger partial charge in [0, 0.05) is 12.6 Å². The van der Waals surface area contributed by atoms with E-state index in [0.29, 0.717) is 0 Å². The fourth-order valence-corrected chi connectivity index (χ4v) is 1.75. The number of halogens is 2. The highest BCUT2D eigenvalue weighted by Crippen LogP contribution is 2.23. The van der Waals surface area contributed by atoms with Gasteiger partial charge in [0.1, 0.15) is 11.6 Å². The van der Waals surface area contributed by atoms with Gasteiger partial charge in [-0.15, -0.1) is 0 Å². The minimum Gasteiger partial charge on any atom is -0.316 e. The molecule has 0 radical (unpaired) electrons. The first kappa shape index (κ1) is 8.63. The monoisotopic (exact) mass is 183 g/mol. The number of nitrogens with one attached hydrogen (secondary N) is 1. The first-order valence-electron chi connectivity index (χ1n) is 4.42. The maximum absolute atomic E-state index is 12.8. The van der Waals surface area contributed by atoms with Crippen LogP contribution >= 0.6 is 0 Å². The van der Waals surface area contributed by atoms with E-state index in [9.17, 15) is 8.78 Å². The molecule has 1 aliphatic heterocycles. The highest BCUT2D eigenvalue weighted by atomic mass is 19.1. The maximum Gasteiger partial charge on any atom is 0.126 e. The third kappa shape index (κ3) is 1.86. The summed E-state index contributed by atoms with van der Waals surface area (Å²) in [6.45, 7) is 1.76. The van der Waals surface area contributed by atoms with Crippen LogP contribution in [0.3, 0.4) is 0 Å². The van der Waals surface area contributed by atoms with Gasteiger partial charge in [-0.05, 0) is 36.6 Å². The number of hydrogen-bond donors (Lipinski definition) is 1. The lowest BCUT2D eigenvalue weighted by Gasteiger charge is -2.08. The van der Waals surface area contributed by atoms with E-state index in [-0.39, 0.29) is 5.92 Å². The summed E-state index contributed by atoms with van der Waals surface area (Å²) in [7, 11) is 0.